The Morgan fingerprint density at radius 1 is 1.00 bits per heavy atom. The molecule has 2 N–H and O–H groups in total. The Morgan fingerprint density at radius 3 is 2.44 bits per heavy atom. The van der Waals surface area contributed by atoms with Crippen LogP contribution in [0.15, 0.2) is 48.5 Å². The summed E-state index contributed by atoms with van der Waals surface area (Å²) in [4.78, 5) is 23.7. The summed E-state index contributed by atoms with van der Waals surface area (Å²) in [5, 5.41) is 5.86. The predicted octanol–water partition coefficient (Wildman–Crippen LogP) is 2.27. The van der Waals surface area contributed by atoms with Crippen molar-refractivity contribution in [2.75, 3.05) is 26.8 Å². The molecule has 0 heterocycles. The van der Waals surface area contributed by atoms with Crippen LogP contribution in [0, 0.1) is 0 Å². The van der Waals surface area contributed by atoms with Crippen molar-refractivity contribution in [1.29, 1.82) is 0 Å². The summed E-state index contributed by atoms with van der Waals surface area (Å²) >= 11 is 5.84. The third-order valence-corrected chi connectivity index (χ3v) is 3.48. The molecule has 0 atom stereocenters. The number of rotatable bonds is 8. The third kappa shape index (κ3) is 6.00. The molecule has 0 aliphatic rings. The number of hydrogen-bond donors (Lipinski definition) is 2. The zero-order valence-corrected chi connectivity index (χ0v) is 14.5. The molecule has 0 aromatic heterocycles. The van der Waals surface area contributed by atoms with E-state index in [1.54, 1.807) is 42.5 Å². The lowest BCUT2D eigenvalue weighted by Gasteiger charge is -2.11. The molecule has 0 saturated carbocycles. The number of carbonyl (C=O) groups is 2. The van der Waals surface area contributed by atoms with Crippen LogP contribution in [0.5, 0.6) is 11.5 Å². The quantitative estimate of drug-likeness (QED) is 0.706. The Hall–Kier alpha value is -2.73. The van der Waals surface area contributed by atoms with E-state index in [0.717, 1.165) is 0 Å². The van der Waals surface area contributed by atoms with Crippen LogP contribution >= 0.6 is 11.6 Å². The van der Waals surface area contributed by atoms with Crippen LogP contribution in [0.25, 0.3) is 0 Å². The lowest BCUT2D eigenvalue weighted by molar-refractivity contribution is -0.123. The highest BCUT2D eigenvalue weighted by Gasteiger charge is 2.08. The molecule has 132 valence electrons. The van der Waals surface area contributed by atoms with E-state index in [1.165, 1.54) is 7.11 Å². The molecule has 0 bridgehead atoms. The van der Waals surface area contributed by atoms with Crippen LogP contribution in [0.4, 0.5) is 0 Å². The van der Waals surface area contributed by atoms with Crippen molar-refractivity contribution in [3.05, 3.63) is 59.1 Å². The normalized spacial score (nSPS) is 10.0. The first-order chi connectivity index (χ1) is 12.1. The van der Waals surface area contributed by atoms with Gasteiger partial charge in [-0.2, -0.15) is 0 Å². The van der Waals surface area contributed by atoms with Crippen molar-refractivity contribution in [2.45, 2.75) is 0 Å². The van der Waals surface area contributed by atoms with E-state index in [1.807, 2.05) is 6.07 Å². The average Bonchev–Trinajstić information content (AvgIpc) is 2.63. The smallest absolute Gasteiger partial charge is 0.258 e. The molecule has 0 aliphatic heterocycles. The molecule has 0 fully saturated rings. The number of halogens is 1. The topological polar surface area (TPSA) is 76.7 Å². The first-order valence-corrected chi connectivity index (χ1v) is 8.04. The highest BCUT2D eigenvalue weighted by molar-refractivity contribution is 6.30. The SMILES string of the molecule is COc1ccccc1OCC(=O)NCCNC(=O)c1cccc(Cl)c1. The molecule has 2 amide bonds. The Kier molecular flexibility index (Phi) is 7.10. The highest BCUT2D eigenvalue weighted by Crippen LogP contribution is 2.25. The maximum atomic E-state index is 11.9. The summed E-state index contributed by atoms with van der Waals surface area (Å²) in [5.41, 5.74) is 0.471. The molecule has 25 heavy (non-hydrogen) atoms. The summed E-state index contributed by atoms with van der Waals surface area (Å²) in [7, 11) is 1.53. The van der Waals surface area contributed by atoms with Gasteiger partial charge in [0.1, 0.15) is 0 Å². The second-order valence-electron chi connectivity index (χ2n) is 5.06. The molecule has 6 nitrogen and oxygen atoms in total. The van der Waals surface area contributed by atoms with Gasteiger partial charge in [-0.05, 0) is 30.3 Å². The van der Waals surface area contributed by atoms with E-state index in [-0.39, 0.29) is 18.4 Å². The minimum atomic E-state index is -0.289. The number of hydrogen-bond acceptors (Lipinski definition) is 4. The van der Waals surface area contributed by atoms with Crippen molar-refractivity contribution >= 4 is 23.4 Å². The van der Waals surface area contributed by atoms with Crippen LogP contribution in [0.1, 0.15) is 10.4 Å². The Bertz CT molecular complexity index is 737. The fraction of sp³-hybridized carbons (Fsp3) is 0.222. The minimum absolute atomic E-state index is 0.136. The van der Waals surface area contributed by atoms with Gasteiger partial charge < -0.3 is 20.1 Å². The van der Waals surface area contributed by atoms with E-state index in [2.05, 4.69) is 10.6 Å². The Labute approximate surface area is 151 Å². The van der Waals surface area contributed by atoms with Crippen LogP contribution in [0.3, 0.4) is 0 Å². The molecule has 0 radical (unpaired) electrons. The zero-order valence-electron chi connectivity index (χ0n) is 13.8. The number of carbonyl (C=O) groups excluding carboxylic acids is 2. The van der Waals surface area contributed by atoms with Crippen LogP contribution in [-0.2, 0) is 4.79 Å². The zero-order chi connectivity index (χ0) is 18.1. The van der Waals surface area contributed by atoms with E-state index in [4.69, 9.17) is 21.1 Å². The molecule has 0 spiro atoms. The Balaban J connectivity index is 1.68. The molecule has 0 unspecified atom stereocenters. The fourth-order valence-corrected chi connectivity index (χ4v) is 2.23. The van der Waals surface area contributed by atoms with Crippen molar-refractivity contribution in [1.82, 2.24) is 10.6 Å². The van der Waals surface area contributed by atoms with E-state index >= 15 is 0 Å². The third-order valence-electron chi connectivity index (χ3n) is 3.25. The van der Waals surface area contributed by atoms with Gasteiger partial charge in [-0.3, -0.25) is 9.59 Å². The highest BCUT2D eigenvalue weighted by atomic mass is 35.5. The lowest BCUT2D eigenvalue weighted by atomic mass is 10.2. The molecular weight excluding hydrogens is 344 g/mol. The fourth-order valence-electron chi connectivity index (χ4n) is 2.04. The van der Waals surface area contributed by atoms with Gasteiger partial charge in [-0.1, -0.05) is 29.8 Å². The number of ether oxygens (including phenoxy) is 2. The standard InChI is InChI=1S/C18H19ClN2O4/c1-24-15-7-2-3-8-16(15)25-12-17(22)20-9-10-21-18(23)13-5-4-6-14(19)11-13/h2-8,11H,9-10,12H2,1H3,(H,20,22)(H,21,23). The first kappa shape index (κ1) is 18.6. The van der Waals surface area contributed by atoms with Crippen molar-refractivity contribution in [3.8, 4) is 11.5 Å². The van der Waals surface area contributed by atoms with E-state index < -0.39 is 0 Å². The summed E-state index contributed by atoms with van der Waals surface area (Å²) in [6, 6.07) is 13.7. The van der Waals surface area contributed by atoms with Gasteiger partial charge in [0.25, 0.3) is 11.8 Å². The van der Waals surface area contributed by atoms with Gasteiger partial charge in [0.15, 0.2) is 18.1 Å². The molecule has 0 saturated heterocycles. The molecular formula is C18H19ClN2O4. The second-order valence-corrected chi connectivity index (χ2v) is 5.49. The summed E-state index contributed by atoms with van der Waals surface area (Å²) < 4.78 is 10.6. The molecule has 2 aromatic rings. The number of para-hydroxylation sites is 2. The van der Waals surface area contributed by atoms with Crippen LogP contribution < -0.4 is 20.1 Å². The monoisotopic (exact) mass is 362 g/mol. The average molecular weight is 363 g/mol. The maximum Gasteiger partial charge on any atom is 0.258 e. The summed E-state index contributed by atoms with van der Waals surface area (Å²) in [6.07, 6.45) is 0. The molecule has 7 heteroatoms. The van der Waals surface area contributed by atoms with Gasteiger partial charge in [0.05, 0.1) is 7.11 Å². The summed E-state index contributed by atoms with van der Waals surface area (Å²) in [6.45, 7) is 0.453. The van der Waals surface area contributed by atoms with Gasteiger partial charge in [-0.25, -0.2) is 0 Å². The van der Waals surface area contributed by atoms with Crippen molar-refractivity contribution in [2.24, 2.45) is 0 Å². The van der Waals surface area contributed by atoms with Crippen LogP contribution in [0.2, 0.25) is 5.02 Å². The molecule has 2 rings (SSSR count). The van der Waals surface area contributed by atoms with E-state index in [0.29, 0.717) is 35.2 Å². The van der Waals surface area contributed by atoms with Crippen molar-refractivity contribution < 1.29 is 19.1 Å². The van der Waals surface area contributed by atoms with Crippen molar-refractivity contribution in [3.63, 3.8) is 0 Å². The van der Waals surface area contributed by atoms with Gasteiger partial charge in [-0.15, -0.1) is 0 Å². The number of amides is 2. The minimum Gasteiger partial charge on any atom is -0.493 e. The summed E-state index contributed by atoms with van der Waals surface area (Å²) in [5.74, 6) is 0.517. The van der Waals surface area contributed by atoms with Gasteiger partial charge >= 0.3 is 0 Å². The lowest BCUT2D eigenvalue weighted by Crippen LogP contribution is -2.36. The predicted molar refractivity (Wildman–Crippen MR) is 95.3 cm³/mol. The second kappa shape index (κ2) is 9.54. The van der Waals surface area contributed by atoms with E-state index in [9.17, 15) is 9.59 Å². The molecule has 2 aromatic carbocycles. The first-order valence-electron chi connectivity index (χ1n) is 7.66. The Morgan fingerprint density at radius 2 is 1.72 bits per heavy atom. The number of benzene rings is 2. The maximum absolute atomic E-state index is 11.9. The van der Waals surface area contributed by atoms with Gasteiger partial charge in [0, 0.05) is 23.7 Å². The number of methoxy groups -OCH3 is 1. The molecule has 0 aliphatic carbocycles. The largest absolute Gasteiger partial charge is 0.493 e. The van der Waals surface area contributed by atoms with Crippen LogP contribution in [-0.4, -0.2) is 38.6 Å². The number of nitrogens with one attached hydrogen (secondary N) is 2. The van der Waals surface area contributed by atoms with Gasteiger partial charge in [0.2, 0.25) is 0 Å².